The molecule has 0 amide bonds. The Morgan fingerprint density at radius 3 is 3.00 bits per heavy atom. The molecule has 3 heteroatoms. The normalized spacial score (nSPS) is 15.2. The minimum Gasteiger partial charge on any atom is -0.490 e. The van der Waals surface area contributed by atoms with Gasteiger partial charge < -0.3 is 4.74 Å². The molecule has 1 aromatic rings. The van der Waals surface area contributed by atoms with Crippen LogP contribution in [0.2, 0.25) is 0 Å². The highest BCUT2D eigenvalue weighted by molar-refractivity contribution is 5.75. The predicted molar refractivity (Wildman–Crippen MR) is 52.7 cm³/mol. The fraction of sp³-hybridized carbons (Fsp3) is 0.455. The van der Waals surface area contributed by atoms with E-state index in [-0.39, 0.29) is 0 Å². The maximum atomic E-state index is 10.7. The minimum absolute atomic E-state index is 0.363. The Kier molecular flexibility index (Phi) is 2.48. The monoisotopic (exact) mass is 191 g/mol. The highest BCUT2D eigenvalue weighted by Crippen LogP contribution is 2.29. The molecule has 2 rings (SSSR count). The molecule has 0 aromatic carbocycles. The van der Waals surface area contributed by atoms with E-state index in [2.05, 4.69) is 4.98 Å². The van der Waals surface area contributed by atoms with Crippen molar-refractivity contribution in [2.75, 3.05) is 0 Å². The van der Waals surface area contributed by atoms with Crippen LogP contribution in [0.15, 0.2) is 12.3 Å². The predicted octanol–water partition coefficient (Wildman–Crippen LogP) is 2.00. The van der Waals surface area contributed by atoms with E-state index in [0.29, 0.717) is 11.8 Å². The number of aldehydes is 1. The average molecular weight is 191 g/mol. The summed E-state index contributed by atoms with van der Waals surface area (Å²) in [6.45, 7) is 2.00. The number of hydrogen-bond acceptors (Lipinski definition) is 3. The van der Waals surface area contributed by atoms with Gasteiger partial charge in [0.25, 0.3) is 0 Å². The second kappa shape index (κ2) is 3.78. The molecule has 3 nitrogen and oxygen atoms in total. The molecule has 14 heavy (non-hydrogen) atoms. The Balaban J connectivity index is 2.30. The van der Waals surface area contributed by atoms with E-state index in [0.717, 1.165) is 36.9 Å². The zero-order valence-electron chi connectivity index (χ0n) is 8.19. The molecule has 1 aliphatic carbocycles. The molecule has 1 fully saturated rings. The van der Waals surface area contributed by atoms with Crippen molar-refractivity contribution < 1.29 is 9.53 Å². The number of carbonyl (C=O) groups excluding carboxylic acids is 1. The number of rotatable bonds is 4. The average Bonchev–Trinajstić information content (AvgIpc) is 3.01. The summed E-state index contributed by atoms with van der Waals surface area (Å²) in [5.41, 5.74) is 1.43. The van der Waals surface area contributed by atoms with Gasteiger partial charge in [0.05, 0.1) is 6.10 Å². The van der Waals surface area contributed by atoms with Gasteiger partial charge in [0.15, 0.2) is 6.29 Å². The lowest BCUT2D eigenvalue weighted by atomic mass is 10.1. The molecule has 0 unspecified atom stereocenters. The van der Waals surface area contributed by atoms with E-state index in [4.69, 9.17) is 4.74 Å². The molecule has 0 spiro atoms. The first kappa shape index (κ1) is 9.19. The van der Waals surface area contributed by atoms with Gasteiger partial charge in [-0.3, -0.25) is 9.78 Å². The molecular formula is C11H13NO2. The van der Waals surface area contributed by atoms with Gasteiger partial charge in [0.1, 0.15) is 11.4 Å². The highest BCUT2D eigenvalue weighted by atomic mass is 16.5. The largest absolute Gasteiger partial charge is 0.490 e. The van der Waals surface area contributed by atoms with Crippen LogP contribution in [-0.4, -0.2) is 17.4 Å². The second-order valence-corrected chi connectivity index (χ2v) is 3.46. The number of ether oxygens (including phenoxy) is 1. The van der Waals surface area contributed by atoms with E-state index in [1.165, 1.54) is 0 Å². The van der Waals surface area contributed by atoms with Crippen LogP contribution in [0.4, 0.5) is 0 Å². The van der Waals surface area contributed by atoms with E-state index in [1.807, 2.05) is 13.0 Å². The van der Waals surface area contributed by atoms with Gasteiger partial charge in [-0.2, -0.15) is 0 Å². The van der Waals surface area contributed by atoms with Crippen LogP contribution in [0.3, 0.4) is 0 Å². The summed E-state index contributed by atoms with van der Waals surface area (Å²) < 4.78 is 5.69. The zero-order valence-corrected chi connectivity index (χ0v) is 8.19. The fourth-order valence-corrected chi connectivity index (χ4v) is 1.42. The topological polar surface area (TPSA) is 39.2 Å². The quantitative estimate of drug-likeness (QED) is 0.683. The van der Waals surface area contributed by atoms with Crippen LogP contribution >= 0.6 is 0 Å². The van der Waals surface area contributed by atoms with Gasteiger partial charge >= 0.3 is 0 Å². The number of aromatic nitrogens is 1. The highest BCUT2D eigenvalue weighted by Gasteiger charge is 2.24. The molecule has 1 heterocycles. The summed E-state index contributed by atoms with van der Waals surface area (Å²) in [6.07, 6.45) is 5.81. The van der Waals surface area contributed by atoms with E-state index in [9.17, 15) is 4.79 Å². The Morgan fingerprint density at radius 2 is 2.43 bits per heavy atom. The van der Waals surface area contributed by atoms with Crippen molar-refractivity contribution in [3.63, 3.8) is 0 Å². The van der Waals surface area contributed by atoms with Crippen LogP contribution in [0.1, 0.15) is 35.8 Å². The minimum atomic E-state index is 0.363. The number of nitrogens with zero attached hydrogens (tertiary/aromatic N) is 1. The SMILES string of the molecule is CCc1c(OC2CC2)ccnc1C=O. The van der Waals surface area contributed by atoms with Gasteiger partial charge in [0.2, 0.25) is 0 Å². The van der Waals surface area contributed by atoms with Gasteiger partial charge in [-0.1, -0.05) is 6.92 Å². The van der Waals surface area contributed by atoms with Crippen molar-refractivity contribution in [3.05, 3.63) is 23.5 Å². The van der Waals surface area contributed by atoms with E-state index in [1.54, 1.807) is 6.20 Å². The van der Waals surface area contributed by atoms with Gasteiger partial charge in [0, 0.05) is 11.8 Å². The molecule has 0 aliphatic heterocycles. The lowest BCUT2D eigenvalue weighted by molar-refractivity contribution is 0.111. The Bertz CT molecular complexity index is 345. The van der Waals surface area contributed by atoms with Crippen molar-refractivity contribution in [3.8, 4) is 5.75 Å². The first-order valence-electron chi connectivity index (χ1n) is 4.95. The van der Waals surface area contributed by atoms with Crippen LogP contribution in [0, 0.1) is 0 Å². The van der Waals surface area contributed by atoms with Crippen molar-refractivity contribution in [2.45, 2.75) is 32.3 Å². The van der Waals surface area contributed by atoms with Crippen molar-refractivity contribution >= 4 is 6.29 Å². The summed E-state index contributed by atoms with van der Waals surface area (Å²) in [5, 5.41) is 0. The van der Waals surface area contributed by atoms with Crippen molar-refractivity contribution in [2.24, 2.45) is 0 Å². The molecule has 1 aromatic heterocycles. The lowest BCUT2D eigenvalue weighted by Crippen LogP contribution is -2.03. The van der Waals surface area contributed by atoms with E-state index >= 15 is 0 Å². The Labute approximate surface area is 83.1 Å². The van der Waals surface area contributed by atoms with E-state index < -0.39 is 0 Å². The Hall–Kier alpha value is -1.38. The van der Waals surface area contributed by atoms with Crippen LogP contribution < -0.4 is 4.74 Å². The number of carbonyl (C=O) groups is 1. The summed E-state index contributed by atoms with van der Waals surface area (Å²) >= 11 is 0. The summed E-state index contributed by atoms with van der Waals surface area (Å²) in [6, 6.07) is 1.84. The first-order chi connectivity index (χ1) is 6.85. The maximum absolute atomic E-state index is 10.7. The molecule has 0 atom stereocenters. The third kappa shape index (κ3) is 1.76. The summed E-state index contributed by atoms with van der Waals surface area (Å²) in [7, 11) is 0. The summed E-state index contributed by atoms with van der Waals surface area (Å²) in [5.74, 6) is 0.826. The lowest BCUT2D eigenvalue weighted by Gasteiger charge is -2.10. The molecule has 0 saturated heterocycles. The zero-order chi connectivity index (χ0) is 9.97. The Morgan fingerprint density at radius 1 is 1.64 bits per heavy atom. The van der Waals surface area contributed by atoms with Gasteiger partial charge in [-0.05, 0) is 25.3 Å². The molecular weight excluding hydrogens is 178 g/mol. The molecule has 0 radical (unpaired) electrons. The van der Waals surface area contributed by atoms with Crippen LogP contribution in [0.25, 0.3) is 0 Å². The standard InChI is InChI=1S/C11H13NO2/c1-2-9-10(7-13)12-6-5-11(9)14-8-3-4-8/h5-8H,2-4H2,1H3. The van der Waals surface area contributed by atoms with Crippen molar-refractivity contribution in [1.29, 1.82) is 0 Å². The smallest absolute Gasteiger partial charge is 0.168 e. The van der Waals surface area contributed by atoms with Crippen molar-refractivity contribution in [1.82, 2.24) is 4.98 Å². The van der Waals surface area contributed by atoms with Crippen LogP contribution in [-0.2, 0) is 6.42 Å². The second-order valence-electron chi connectivity index (χ2n) is 3.46. The fourth-order valence-electron chi connectivity index (χ4n) is 1.42. The maximum Gasteiger partial charge on any atom is 0.168 e. The summed E-state index contributed by atoms with van der Waals surface area (Å²) in [4.78, 5) is 14.7. The number of hydrogen-bond donors (Lipinski definition) is 0. The number of pyridine rings is 1. The van der Waals surface area contributed by atoms with Crippen LogP contribution in [0.5, 0.6) is 5.75 Å². The van der Waals surface area contributed by atoms with Gasteiger partial charge in [-0.15, -0.1) is 0 Å². The third-order valence-corrected chi connectivity index (χ3v) is 2.33. The van der Waals surface area contributed by atoms with Gasteiger partial charge in [-0.25, -0.2) is 0 Å². The molecule has 1 saturated carbocycles. The molecule has 74 valence electrons. The molecule has 0 N–H and O–H groups in total. The molecule has 0 bridgehead atoms. The first-order valence-corrected chi connectivity index (χ1v) is 4.95. The third-order valence-electron chi connectivity index (χ3n) is 2.33. The molecule has 1 aliphatic rings.